The SMILES string of the molecule is CCCC[C@@H]1C(=O)N(C)CCN1Cc1ccc(OC)c(C)c1OC. The molecule has 5 nitrogen and oxygen atoms in total. The molecule has 2 rings (SSSR count). The zero-order chi connectivity index (χ0) is 17.7. The molecule has 0 aliphatic carbocycles. The van der Waals surface area contributed by atoms with Crippen LogP contribution < -0.4 is 9.47 Å². The summed E-state index contributed by atoms with van der Waals surface area (Å²) in [5, 5.41) is 0. The van der Waals surface area contributed by atoms with E-state index in [1.807, 2.05) is 31.0 Å². The van der Waals surface area contributed by atoms with Gasteiger partial charge in [-0.1, -0.05) is 25.8 Å². The van der Waals surface area contributed by atoms with Crippen molar-refractivity contribution in [1.82, 2.24) is 9.80 Å². The van der Waals surface area contributed by atoms with Gasteiger partial charge in [-0.05, 0) is 19.4 Å². The first-order valence-electron chi connectivity index (χ1n) is 8.72. The van der Waals surface area contributed by atoms with Crippen LogP contribution in [0.3, 0.4) is 0 Å². The molecule has 0 spiro atoms. The van der Waals surface area contributed by atoms with Crippen LogP contribution in [-0.2, 0) is 11.3 Å². The minimum absolute atomic E-state index is 0.0317. The van der Waals surface area contributed by atoms with Gasteiger partial charge >= 0.3 is 0 Å². The first-order valence-corrected chi connectivity index (χ1v) is 8.72. The maximum atomic E-state index is 12.6. The standard InChI is InChI=1S/C19H30N2O3/c1-6-7-8-16-19(22)20(3)11-12-21(16)13-15-9-10-17(23-4)14(2)18(15)24-5/h9-10,16H,6-8,11-13H2,1-5H3/t16-/m1/s1. The van der Waals surface area contributed by atoms with E-state index >= 15 is 0 Å². The van der Waals surface area contributed by atoms with Crippen LogP contribution >= 0.6 is 0 Å². The van der Waals surface area contributed by atoms with Crippen molar-refractivity contribution in [1.29, 1.82) is 0 Å². The molecule has 0 saturated carbocycles. The molecule has 1 fully saturated rings. The van der Waals surface area contributed by atoms with Crippen LogP contribution in [0, 0.1) is 6.92 Å². The van der Waals surface area contributed by atoms with Crippen molar-refractivity contribution in [2.45, 2.75) is 45.7 Å². The number of hydrogen-bond donors (Lipinski definition) is 0. The number of hydrogen-bond acceptors (Lipinski definition) is 4. The zero-order valence-corrected chi connectivity index (χ0v) is 15.6. The van der Waals surface area contributed by atoms with Crippen LogP contribution in [0.5, 0.6) is 11.5 Å². The average molecular weight is 334 g/mol. The Morgan fingerprint density at radius 2 is 1.96 bits per heavy atom. The Bertz CT molecular complexity index is 574. The Labute approximate surface area is 145 Å². The second kappa shape index (κ2) is 8.38. The quantitative estimate of drug-likeness (QED) is 0.769. The van der Waals surface area contributed by atoms with E-state index in [-0.39, 0.29) is 11.9 Å². The number of amides is 1. The monoisotopic (exact) mass is 334 g/mol. The lowest BCUT2D eigenvalue weighted by atomic mass is 10.0. The highest BCUT2D eigenvalue weighted by Crippen LogP contribution is 2.33. The lowest BCUT2D eigenvalue weighted by Crippen LogP contribution is -2.55. The van der Waals surface area contributed by atoms with Crippen molar-refractivity contribution in [3.05, 3.63) is 23.3 Å². The largest absolute Gasteiger partial charge is 0.496 e. The van der Waals surface area contributed by atoms with E-state index in [1.165, 1.54) is 0 Å². The van der Waals surface area contributed by atoms with Gasteiger partial charge in [-0.15, -0.1) is 0 Å². The molecule has 24 heavy (non-hydrogen) atoms. The third-order valence-corrected chi connectivity index (χ3v) is 4.89. The fraction of sp³-hybridized carbons (Fsp3) is 0.632. The second-order valence-electron chi connectivity index (χ2n) is 6.47. The normalized spacial score (nSPS) is 18.8. The van der Waals surface area contributed by atoms with Crippen molar-refractivity contribution in [2.24, 2.45) is 0 Å². The molecule has 0 N–H and O–H groups in total. The molecule has 1 aromatic carbocycles. The topological polar surface area (TPSA) is 42.0 Å². The third kappa shape index (κ3) is 3.83. The Morgan fingerprint density at radius 1 is 1.21 bits per heavy atom. The maximum absolute atomic E-state index is 12.6. The summed E-state index contributed by atoms with van der Waals surface area (Å²) in [4.78, 5) is 16.7. The number of rotatable bonds is 7. The van der Waals surface area contributed by atoms with E-state index in [4.69, 9.17) is 9.47 Å². The van der Waals surface area contributed by atoms with E-state index in [2.05, 4.69) is 11.8 Å². The molecule has 134 valence electrons. The summed E-state index contributed by atoms with van der Waals surface area (Å²) in [7, 11) is 5.26. The van der Waals surface area contributed by atoms with Gasteiger partial charge in [-0.3, -0.25) is 9.69 Å². The molecular weight excluding hydrogens is 304 g/mol. The van der Waals surface area contributed by atoms with E-state index in [1.54, 1.807) is 14.2 Å². The first-order chi connectivity index (χ1) is 11.5. The first kappa shape index (κ1) is 18.6. The average Bonchev–Trinajstić information content (AvgIpc) is 2.58. The number of ether oxygens (including phenoxy) is 2. The molecule has 1 aliphatic heterocycles. The summed E-state index contributed by atoms with van der Waals surface area (Å²) in [5.74, 6) is 1.92. The minimum atomic E-state index is -0.0317. The van der Waals surface area contributed by atoms with Gasteiger partial charge in [0.05, 0.1) is 20.3 Å². The number of carbonyl (C=O) groups excluding carboxylic acids is 1. The van der Waals surface area contributed by atoms with E-state index in [0.29, 0.717) is 0 Å². The van der Waals surface area contributed by atoms with Gasteiger partial charge in [0, 0.05) is 37.8 Å². The lowest BCUT2D eigenvalue weighted by molar-refractivity contribution is -0.140. The molecule has 0 bridgehead atoms. The molecular formula is C19H30N2O3. The van der Waals surface area contributed by atoms with Gasteiger partial charge in [0.1, 0.15) is 11.5 Å². The van der Waals surface area contributed by atoms with Crippen LogP contribution in [-0.4, -0.2) is 56.1 Å². The van der Waals surface area contributed by atoms with Crippen molar-refractivity contribution in [3.63, 3.8) is 0 Å². The highest BCUT2D eigenvalue weighted by molar-refractivity contribution is 5.82. The van der Waals surface area contributed by atoms with Crippen molar-refractivity contribution in [3.8, 4) is 11.5 Å². The number of carbonyl (C=O) groups is 1. The van der Waals surface area contributed by atoms with Gasteiger partial charge in [0.15, 0.2) is 0 Å². The highest BCUT2D eigenvalue weighted by Gasteiger charge is 2.32. The van der Waals surface area contributed by atoms with Crippen molar-refractivity contribution < 1.29 is 14.3 Å². The zero-order valence-electron chi connectivity index (χ0n) is 15.6. The predicted octanol–water partition coefficient (Wildman–Crippen LogP) is 2.85. The van der Waals surface area contributed by atoms with Gasteiger partial charge in [0.25, 0.3) is 0 Å². The molecule has 0 aromatic heterocycles. The third-order valence-electron chi connectivity index (χ3n) is 4.89. The van der Waals surface area contributed by atoms with Crippen LogP contribution in [0.15, 0.2) is 12.1 Å². The molecule has 1 heterocycles. The van der Waals surface area contributed by atoms with Crippen molar-refractivity contribution in [2.75, 3.05) is 34.4 Å². The van der Waals surface area contributed by atoms with Crippen LogP contribution in [0.2, 0.25) is 0 Å². The van der Waals surface area contributed by atoms with E-state index in [9.17, 15) is 4.79 Å². The van der Waals surface area contributed by atoms with Crippen molar-refractivity contribution >= 4 is 5.91 Å². The Morgan fingerprint density at radius 3 is 2.58 bits per heavy atom. The van der Waals surface area contributed by atoms with E-state index < -0.39 is 0 Å². The number of unbranched alkanes of at least 4 members (excludes halogenated alkanes) is 1. The molecule has 0 unspecified atom stereocenters. The second-order valence-corrected chi connectivity index (χ2v) is 6.47. The molecule has 1 aliphatic rings. The molecule has 1 saturated heterocycles. The van der Waals surface area contributed by atoms with Gasteiger partial charge in [-0.2, -0.15) is 0 Å². The Balaban J connectivity index is 2.24. The molecule has 5 heteroatoms. The maximum Gasteiger partial charge on any atom is 0.239 e. The summed E-state index contributed by atoms with van der Waals surface area (Å²) < 4.78 is 11.0. The smallest absolute Gasteiger partial charge is 0.239 e. The molecule has 1 aromatic rings. The summed E-state index contributed by atoms with van der Waals surface area (Å²) >= 11 is 0. The molecule has 0 radical (unpaired) electrons. The van der Waals surface area contributed by atoms with Crippen LogP contribution in [0.1, 0.15) is 37.3 Å². The molecule has 1 atom stereocenters. The minimum Gasteiger partial charge on any atom is -0.496 e. The summed E-state index contributed by atoms with van der Waals surface area (Å²) in [6, 6.07) is 3.99. The molecule has 1 amide bonds. The summed E-state index contributed by atoms with van der Waals surface area (Å²) in [6.45, 7) is 6.56. The van der Waals surface area contributed by atoms with Gasteiger partial charge in [-0.25, -0.2) is 0 Å². The van der Waals surface area contributed by atoms with E-state index in [0.717, 1.165) is 61.5 Å². The summed E-state index contributed by atoms with van der Waals surface area (Å²) in [6.07, 6.45) is 3.09. The highest BCUT2D eigenvalue weighted by atomic mass is 16.5. The fourth-order valence-electron chi connectivity index (χ4n) is 3.43. The number of methoxy groups -OCH3 is 2. The number of likely N-dealkylation sites (N-methyl/N-ethyl adjacent to an activating group) is 1. The summed E-state index contributed by atoms with van der Waals surface area (Å²) in [5.41, 5.74) is 2.11. The number of nitrogens with zero attached hydrogens (tertiary/aromatic N) is 2. The van der Waals surface area contributed by atoms with Gasteiger partial charge in [0.2, 0.25) is 5.91 Å². The van der Waals surface area contributed by atoms with Crippen LogP contribution in [0.25, 0.3) is 0 Å². The number of piperazine rings is 1. The fourth-order valence-corrected chi connectivity index (χ4v) is 3.43. The Kier molecular flexibility index (Phi) is 6.49. The Hall–Kier alpha value is -1.75. The predicted molar refractivity (Wildman–Crippen MR) is 95.6 cm³/mol. The number of benzene rings is 1. The van der Waals surface area contributed by atoms with Gasteiger partial charge < -0.3 is 14.4 Å². The lowest BCUT2D eigenvalue weighted by Gasteiger charge is -2.39. The van der Waals surface area contributed by atoms with Crippen LogP contribution in [0.4, 0.5) is 0 Å².